The first-order chi connectivity index (χ1) is 13.9. The van der Waals surface area contributed by atoms with Gasteiger partial charge in [-0.1, -0.05) is 35.3 Å². The minimum atomic E-state index is -0.809. The van der Waals surface area contributed by atoms with Crippen LogP contribution in [0.4, 0.5) is 10.1 Å². The molecule has 0 spiro atoms. The van der Waals surface area contributed by atoms with Crippen LogP contribution in [0.15, 0.2) is 36.4 Å². The fourth-order valence-corrected chi connectivity index (χ4v) is 4.70. The number of nitrogens with zero attached hydrogens (tertiary/aromatic N) is 1. The van der Waals surface area contributed by atoms with Crippen LogP contribution >= 0.6 is 23.2 Å². The van der Waals surface area contributed by atoms with E-state index in [-0.39, 0.29) is 23.1 Å². The molecule has 2 aromatic carbocycles. The second-order valence-electron chi connectivity index (χ2n) is 7.35. The van der Waals surface area contributed by atoms with E-state index in [0.717, 1.165) is 0 Å². The number of rotatable bonds is 3. The summed E-state index contributed by atoms with van der Waals surface area (Å²) < 4.78 is 14.8. The number of hydrogen-bond donors (Lipinski definition) is 1. The topological polar surface area (TPSA) is 57.6 Å². The Hall–Kier alpha value is -2.37. The Morgan fingerprint density at radius 1 is 1.07 bits per heavy atom. The van der Waals surface area contributed by atoms with Gasteiger partial charge in [0, 0.05) is 27.2 Å². The Morgan fingerprint density at radius 2 is 1.69 bits per heavy atom. The second-order valence-corrected chi connectivity index (χ2v) is 8.16. The zero-order valence-corrected chi connectivity index (χ0v) is 16.9. The van der Waals surface area contributed by atoms with Crippen LogP contribution in [-0.2, 0) is 9.59 Å². The van der Waals surface area contributed by atoms with E-state index in [1.807, 2.05) is 0 Å². The molecule has 0 atom stereocenters. The SMILES string of the molecule is O=C(O)C1CCC(N2C(=O)/C(=C\c3c(Cl)cccc3Cl)c3c(F)cccc32)CC1. The van der Waals surface area contributed by atoms with Crippen molar-refractivity contribution < 1.29 is 19.1 Å². The molecule has 0 unspecified atom stereocenters. The van der Waals surface area contributed by atoms with Crippen molar-refractivity contribution >= 4 is 52.4 Å². The van der Waals surface area contributed by atoms with E-state index in [9.17, 15) is 19.1 Å². The predicted molar refractivity (Wildman–Crippen MR) is 112 cm³/mol. The van der Waals surface area contributed by atoms with E-state index < -0.39 is 17.7 Å². The largest absolute Gasteiger partial charge is 0.481 e. The number of anilines is 1. The molecule has 0 bridgehead atoms. The van der Waals surface area contributed by atoms with Gasteiger partial charge in [0.2, 0.25) is 0 Å². The number of aliphatic carboxylic acids is 1. The lowest BCUT2D eigenvalue weighted by molar-refractivity contribution is -0.142. The Labute approximate surface area is 177 Å². The van der Waals surface area contributed by atoms with E-state index >= 15 is 0 Å². The Balaban J connectivity index is 1.76. The standard InChI is InChI=1S/C22H18Cl2FNO3/c23-16-3-1-4-17(24)14(16)11-15-20-18(25)5-2-6-19(20)26(21(15)27)13-9-7-12(8-10-13)22(28)29/h1-6,11-13H,7-10H2,(H,28,29)/b15-11-. The second kappa shape index (κ2) is 7.81. The van der Waals surface area contributed by atoms with E-state index in [1.165, 1.54) is 12.1 Å². The molecule has 4 nitrogen and oxygen atoms in total. The molecule has 1 heterocycles. The Morgan fingerprint density at radius 3 is 2.31 bits per heavy atom. The van der Waals surface area contributed by atoms with Crippen LogP contribution in [0.2, 0.25) is 10.0 Å². The van der Waals surface area contributed by atoms with Crippen LogP contribution in [0, 0.1) is 11.7 Å². The monoisotopic (exact) mass is 433 g/mol. The molecule has 2 aromatic rings. The molecule has 0 saturated heterocycles. The van der Waals surface area contributed by atoms with Crippen molar-refractivity contribution in [3.8, 4) is 0 Å². The maximum Gasteiger partial charge on any atom is 0.306 e. The van der Waals surface area contributed by atoms with Gasteiger partial charge in [0.05, 0.1) is 17.2 Å². The third kappa shape index (κ3) is 3.53. The van der Waals surface area contributed by atoms with Gasteiger partial charge < -0.3 is 10.0 Å². The van der Waals surface area contributed by atoms with Crippen molar-refractivity contribution in [1.82, 2.24) is 0 Å². The zero-order chi connectivity index (χ0) is 20.7. The molecule has 1 aliphatic heterocycles. The van der Waals surface area contributed by atoms with E-state index in [0.29, 0.717) is 47.0 Å². The molecule has 1 saturated carbocycles. The van der Waals surface area contributed by atoms with Crippen molar-refractivity contribution in [3.05, 3.63) is 63.4 Å². The average molecular weight is 434 g/mol. The first kappa shape index (κ1) is 19.9. The molecule has 29 heavy (non-hydrogen) atoms. The van der Waals surface area contributed by atoms with E-state index in [2.05, 4.69) is 0 Å². The number of fused-ring (bicyclic) bond motifs is 1. The number of carboxylic acids is 1. The zero-order valence-electron chi connectivity index (χ0n) is 15.4. The quantitative estimate of drug-likeness (QED) is 0.634. The lowest BCUT2D eigenvalue weighted by Crippen LogP contribution is -2.41. The Kier molecular flexibility index (Phi) is 5.36. The van der Waals surface area contributed by atoms with Crippen LogP contribution in [0.25, 0.3) is 11.6 Å². The number of carbonyl (C=O) groups is 2. The highest BCUT2D eigenvalue weighted by atomic mass is 35.5. The van der Waals surface area contributed by atoms with Crippen LogP contribution in [-0.4, -0.2) is 23.0 Å². The molecular weight excluding hydrogens is 416 g/mol. The van der Waals surface area contributed by atoms with Gasteiger partial charge in [-0.25, -0.2) is 4.39 Å². The molecule has 1 amide bonds. The number of carboxylic acid groups (broad SMARTS) is 1. The Bertz CT molecular complexity index is 1010. The first-order valence-electron chi connectivity index (χ1n) is 9.39. The third-order valence-electron chi connectivity index (χ3n) is 5.67. The summed E-state index contributed by atoms with van der Waals surface area (Å²) in [5, 5.41) is 9.97. The molecular formula is C22H18Cl2FNO3. The number of amides is 1. The van der Waals surface area contributed by atoms with Crippen LogP contribution in [0.5, 0.6) is 0 Å². The lowest BCUT2D eigenvalue weighted by atomic mass is 9.85. The molecule has 2 aliphatic rings. The van der Waals surface area contributed by atoms with Gasteiger partial charge in [-0.05, 0) is 56.0 Å². The first-order valence-corrected chi connectivity index (χ1v) is 10.1. The average Bonchev–Trinajstić information content (AvgIpc) is 2.97. The molecule has 150 valence electrons. The highest BCUT2D eigenvalue weighted by Gasteiger charge is 2.40. The molecule has 7 heteroatoms. The van der Waals surface area contributed by atoms with Gasteiger partial charge in [-0.3, -0.25) is 9.59 Å². The van der Waals surface area contributed by atoms with Gasteiger partial charge in [0.25, 0.3) is 5.91 Å². The van der Waals surface area contributed by atoms with Crippen molar-refractivity contribution in [1.29, 1.82) is 0 Å². The summed E-state index contributed by atoms with van der Waals surface area (Å²) in [5.74, 6) is -2.02. The summed E-state index contributed by atoms with van der Waals surface area (Å²) in [4.78, 5) is 26.2. The molecule has 1 fully saturated rings. The van der Waals surface area contributed by atoms with Gasteiger partial charge in [0.1, 0.15) is 5.82 Å². The van der Waals surface area contributed by atoms with Crippen LogP contribution in [0.1, 0.15) is 36.8 Å². The molecule has 4 rings (SSSR count). The maximum atomic E-state index is 14.8. The van der Waals surface area contributed by atoms with Crippen LogP contribution in [0.3, 0.4) is 0 Å². The van der Waals surface area contributed by atoms with E-state index in [4.69, 9.17) is 23.2 Å². The summed E-state index contributed by atoms with van der Waals surface area (Å²) in [5.41, 5.74) is 1.40. The summed E-state index contributed by atoms with van der Waals surface area (Å²) in [6.07, 6.45) is 3.63. The van der Waals surface area contributed by atoms with Gasteiger partial charge >= 0.3 is 5.97 Å². The molecule has 1 aliphatic carbocycles. The summed E-state index contributed by atoms with van der Waals surface area (Å²) in [6, 6.07) is 9.45. The van der Waals surface area contributed by atoms with E-state index in [1.54, 1.807) is 35.2 Å². The fourth-order valence-electron chi connectivity index (χ4n) is 4.20. The number of carbonyl (C=O) groups excluding carboxylic acids is 1. The minimum absolute atomic E-state index is 0.175. The number of halogens is 3. The third-order valence-corrected chi connectivity index (χ3v) is 6.33. The molecule has 0 aromatic heterocycles. The number of hydrogen-bond acceptors (Lipinski definition) is 2. The van der Waals surface area contributed by atoms with Gasteiger partial charge in [-0.15, -0.1) is 0 Å². The maximum absolute atomic E-state index is 14.8. The van der Waals surface area contributed by atoms with Gasteiger partial charge in [-0.2, -0.15) is 0 Å². The van der Waals surface area contributed by atoms with Crippen molar-refractivity contribution in [2.45, 2.75) is 31.7 Å². The highest BCUT2D eigenvalue weighted by Crippen LogP contribution is 2.44. The summed E-state index contributed by atoms with van der Waals surface area (Å²) in [7, 11) is 0. The van der Waals surface area contributed by atoms with Crippen molar-refractivity contribution in [3.63, 3.8) is 0 Å². The van der Waals surface area contributed by atoms with Crippen LogP contribution < -0.4 is 4.90 Å². The normalized spacial score (nSPS) is 22.8. The minimum Gasteiger partial charge on any atom is -0.481 e. The molecule has 1 N–H and O–H groups in total. The van der Waals surface area contributed by atoms with Gasteiger partial charge in [0.15, 0.2) is 0 Å². The van der Waals surface area contributed by atoms with Crippen molar-refractivity contribution in [2.75, 3.05) is 4.90 Å². The predicted octanol–water partition coefficient (Wildman–Crippen LogP) is 5.66. The number of benzene rings is 2. The lowest BCUT2D eigenvalue weighted by Gasteiger charge is -2.33. The summed E-state index contributed by atoms with van der Waals surface area (Å²) >= 11 is 12.5. The highest BCUT2D eigenvalue weighted by molar-refractivity contribution is 6.40. The smallest absolute Gasteiger partial charge is 0.306 e. The van der Waals surface area contributed by atoms with Crippen molar-refractivity contribution in [2.24, 2.45) is 5.92 Å². The molecule has 0 radical (unpaired) electrons. The fraction of sp³-hybridized carbons (Fsp3) is 0.273. The summed E-state index contributed by atoms with van der Waals surface area (Å²) in [6.45, 7) is 0.